The van der Waals surface area contributed by atoms with Crippen molar-refractivity contribution in [2.24, 2.45) is 9.98 Å². The minimum absolute atomic E-state index is 0.280. The van der Waals surface area contributed by atoms with Gasteiger partial charge in [0, 0.05) is 22.3 Å². The van der Waals surface area contributed by atoms with Crippen LogP contribution in [-0.4, -0.2) is 11.7 Å². The molecule has 1 atom stereocenters. The number of fused-ring (bicyclic) bond motifs is 9. The third-order valence-electron chi connectivity index (χ3n) is 10.2. The normalized spacial score (nSPS) is 16.1. The van der Waals surface area contributed by atoms with Crippen LogP contribution in [0, 0.1) is 0 Å². The fraction of sp³-hybridized carbons (Fsp3) is 0.0435. The minimum Gasteiger partial charge on any atom is -0.457 e. The number of ether oxygens (including phenoxy) is 1. The van der Waals surface area contributed by atoms with Gasteiger partial charge in [-0.3, -0.25) is 0 Å². The zero-order valence-electron chi connectivity index (χ0n) is 27.1. The van der Waals surface area contributed by atoms with Crippen LogP contribution in [0.3, 0.4) is 0 Å². The highest BCUT2D eigenvalue weighted by Crippen LogP contribution is 2.62. The number of hydrogen-bond acceptors (Lipinski definition) is 4. The van der Waals surface area contributed by atoms with Crippen LogP contribution < -0.4 is 10.1 Å². The van der Waals surface area contributed by atoms with Crippen molar-refractivity contribution in [3.05, 3.63) is 215 Å². The zero-order chi connectivity index (χ0) is 33.1. The molecule has 236 valence electrons. The molecule has 1 N–H and O–H groups in total. The molecule has 1 spiro atoms. The van der Waals surface area contributed by atoms with Crippen molar-refractivity contribution in [1.29, 1.82) is 0 Å². The van der Waals surface area contributed by atoms with E-state index in [1.54, 1.807) is 0 Å². The fourth-order valence-electron chi connectivity index (χ4n) is 8.08. The van der Waals surface area contributed by atoms with Crippen molar-refractivity contribution in [2.45, 2.75) is 11.6 Å². The molecule has 0 aromatic heterocycles. The Hall–Kier alpha value is -6.52. The maximum atomic E-state index is 6.83. The van der Waals surface area contributed by atoms with Crippen LogP contribution >= 0.6 is 0 Å². The van der Waals surface area contributed by atoms with E-state index in [-0.39, 0.29) is 6.17 Å². The lowest BCUT2D eigenvalue weighted by atomic mass is 9.66. The van der Waals surface area contributed by atoms with Crippen LogP contribution in [0.2, 0.25) is 0 Å². The number of benzene rings is 7. The lowest BCUT2D eigenvalue weighted by Crippen LogP contribution is -2.34. The Morgan fingerprint density at radius 1 is 0.460 bits per heavy atom. The number of rotatable bonds is 4. The molecule has 0 saturated carbocycles. The largest absolute Gasteiger partial charge is 0.457 e. The van der Waals surface area contributed by atoms with E-state index in [0.717, 1.165) is 50.7 Å². The highest BCUT2D eigenvalue weighted by atomic mass is 16.5. The molecular formula is C46H31N3O. The van der Waals surface area contributed by atoms with Crippen LogP contribution in [0.25, 0.3) is 22.3 Å². The first-order valence-electron chi connectivity index (χ1n) is 17.0. The second kappa shape index (κ2) is 11.3. The quantitative estimate of drug-likeness (QED) is 0.208. The average Bonchev–Trinajstić information content (AvgIpc) is 3.49. The van der Waals surface area contributed by atoms with Gasteiger partial charge in [0.1, 0.15) is 23.5 Å². The van der Waals surface area contributed by atoms with Gasteiger partial charge >= 0.3 is 0 Å². The van der Waals surface area contributed by atoms with Gasteiger partial charge in [-0.1, -0.05) is 164 Å². The number of nitrogens with one attached hydrogen (secondary N) is 1. The summed E-state index contributed by atoms with van der Waals surface area (Å²) < 4.78 is 6.83. The molecule has 50 heavy (non-hydrogen) atoms. The van der Waals surface area contributed by atoms with Gasteiger partial charge in [0.2, 0.25) is 0 Å². The molecule has 0 radical (unpaired) electrons. The lowest BCUT2D eigenvalue weighted by Gasteiger charge is -2.39. The lowest BCUT2D eigenvalue weighted by molar-refractivity contribution is 0.436. The molecule has 1 unspecified atom stereocenters. The highest BCUT2D eigenvalue weighted by molar-refractivity contribution is 6.15. The molecule has 0 saturated heterocycles. The van der Waals surface area contributed by atoms with E-state index < -0.39 is 5.41 Å². The monoisotopic (exact) mass is 641 g/mol. The van der Waals surface area contributed by atoms with Gasteiger partial charge in [0.15, 0.2) is 5.84 Å². The molecule has 3 aliphatic rings. The standard InChI is InChI=1S/C46H31N3O/c1-3-15-30(16-4-1)43-47-44(31-17-5-2-6-18-31)49-45(48-43)36-22-8-7-19-33(36)32-27-28-40-42(29-32)50-41-26-14-13-25-39(41)46(40)37-23-11-9-20-34(37)35-21-10-12-24-38(35)46/h1-29,43H,(H,47,48,49). The van der Waals surface area contributed by atoms with Crippen LogP contribution in [0.5, 0.6) is 11.5 Å². The van der Waals surface area contributed by atoms with Gasteiger partial charge < -0.3 is 10.1 Å². The molecule has 0 fully saturated rings. The molecule has 7 aromatic rings. The zero-order valence-corrected chi connectivity index (χ0v) is 27.1. The molecule has 4 nitrogen and oxygen atoms in total. The second-order valence-electron chi connectivity index (χ2n) is 12.9. The first-order chi connectivity index (χ1) is 24.8. The predicted octanol–water partition coefficient (Wildman–Crippen LogP) is 10.3. The highest BCUT2D eigenvalue weighted by Gasteiger charge is 2.50. The summed E-state index contributed by atoms with van der Waals surface area (Å²) in [5.74, 6) is 3.22. The maximum Gasteiger partial charge on any atom is 0.159 e. The van der Waals surface area contributed by atoms with Gasteiger partial charge in [0.25, 0.3) is 0 Å². The van der Waals surface area contributed by atoms with Gasteiger partial charge in [0.05, 0.1) is 5.41 Å². The molecule has 0 amide bonds. The van der Waals surface area contributed by atoms with Crippen molar-refractivity contribution >= 4 is 11.7 Å². The van der Waals surface area contributed by atoms with Crippen molar-refractivity contribution in [3.63, 3.8) is 0 Å². The fourth-order valence-corrected chi connectivity index (χ4v) is 8.08. The van der Waals surface area contributed by atoms with Crippen molar-refractivity contribution in [2.75, 3.05) is 0 Å². The minimum atomic E-state index is -0.492. The molecular weight excluding hydrogens is 611 g/mol. The first-order valence-corrected chi connectivity index (χ1v) is 17.0. The molecule has 2 heterocycles. The molecule has 4 heteroatoms. The van der Waals surface area contributed by atoms with Gasteiger partial charge in [-0.15, -0.1) is 0 Å². The SMILES string of the molecule is c1ccc(C2=NC(c3ccccc3)NC(c3ccccc3-c3ccc4c(c3)Oc3ccccc3C43c4ccccc4-c4ccccc43)=N2)cc1. The summed E-state index contributed by atoms with van der Waals surface area (Å²) in [4.78, 5) is 10.2. The molecule has 0 bridgehead atoms. The number of aliphatic imine (C=N–C) groups is 2. The van der Waals surface area contributed by atoms with E-state index >= 15 is 0 Å². The van der Waals surface area contributed by atoms with Gasteiger partial charge in [-0.25, -0.2) is 9.98 Å². The number of amidine groups is 2. The predicted molar refractivity (Wildman–Crippen MR) is 201 cm³/mol. The Kier molecular flexibility index (Phi) is 6.43. The second-order valence-corrected chi connectivity index (χ2v) is 12.9. The Bertz CT molecular complexity index is 2450. The third-order valence-corrected chi connectivity index (χ3v) is 10.2. The summed E-state index contributed by atoms with van der Waals surface area (Å²) in [5, 5.41) is 3.66. The van der Waals surface area contributed by atoms with Crippen LogP contribution in [0.4, 0.5) is 0 Å². The van der Waals surface area contributed by atoms with E-state index in [1.807, 2.05) is 36.4 Å². The Morgan fingerprint density at radius 3 is 1.74 bits per heavy atom. The van der Waals surface area contributed by atoms with Gasteiger partial charge in [-0.05, 0) is 51.1 Å². The summed E-state index contributed by atoms with van der Waals surface area (Å²) in [7, 11) is 0. The third kappa shape index (κ3) is 4.25. The Labute approximate surface area is 291 Å². The van der Waals surface area contributed by atoms with E-state index in [9.17, 15) is 0 Å². The molecule has 2 aliphatic heterocycles. The Morgan fingerprint density at radius 2 is 1.02 bits per heavy atom. The van der Waals surface area contributed by atoms with E-state index in [2.05, 4.69) is 145 Å². The number of para-hydroxylation sites is 1. The summed E-state index contributed by atoms with van der Waals surface area (Å²) in [6, 6.07) is 61.9. The molecule has 7 aromatic carbocycles. The van der Waals surface area contributed by atoms with Crippen LogP contribution in [0.15, 0.2) is 186 Å². The summed E-state index contributed by atoms with van der Waals surface area (Å²) in [6.45, 7) is 0. The van der Waals surface area contributed by atoms with Crippen molar-refractivity contribution < 1.29 is 4.74 Å². The van der Waals surface area contributed by atoms with E-state index in [4.69, 9.17) is 14.7 Å². The van der Waals surface area contributed by atoms with Crippen molar-refractivity contribution in [1.82, 2.24) is 5.32 Å². The Balaban J connectivity index is 1.14. The maximum absolute atomic E-state index is 6.83. The number of hydrogen-bond donors (Lipinski definition) is 1. The smallest absolute Gasteiger partial charge is 0.159 e. The van der Waals surface area contributed by atoms with Crippen LogP contribution in [-0.2, 0) is 5.41 Å². The number of nitrogens with zero attached hydrogens (tertiary/aromatic N) is 2. The molecule has 10 rings (SSSR count). The average molecular weight is 642 g/mol. The van der Waals surface area contributed by atoms with E-state index in [1.165, 1.54) is 27.8 Å². The first kappa shape index (κ1) is 28.5. The molecule has 1 aliphatic carbocycles. The van der Waals surface area contributed by atoms with E-state index in [0.29, 0.717) is 5.84 Å². The summed E-state index contributed by atoms with van der Waals surface area (Å²) >= 11 is 0. The van der Waals surface area contributed by atoms with Crippen LogP contribution in [0.1, 0.15) is 45.1 Å². The van der Waals surface area contributed by atoms with Gasteiger partial charge in [-0.2, -0.15) is 0 Å². The summed E-state index contributed by atoms with van der Waals surface area (Å²) in [6.07, 6.45) is -0.280. The topological polar surface area (TPSA) is 46.0 Å². The van der Waals surface area contributed by atoms with Crippen molar-refractivity contribution in [3.8, 4) is 33.8 Å². The summed E-state index contributed by atoms with van der Waals surface area (Å²) in [5.41, 5.74) is 12.1.